The van der Waals surface area contributed by atoms with Crippen molar-refractivity contribution in [2.45, 2.75) is 26.8 Å². The van der Waals surface area contributed by atoms with E-state index in [1.54, 1.807) is 6.07 Å². The number of ether oxygens (including phenoxy) is 1. The molecule has 0 bridgehead atoms. The molecule has 1 rings (SSSR count). The molecule has 0 saturated heterocycles. The van der Waals surface area contributed by atoms with Crippen LogP contribution in [0.25, 0.3) is 0 Å². The van der Waals surface area contributed by atoms with Gasteiger partial charge in [-0.25, -0.2) is 4.39 Å². The fraction of sp³-hybridized carbons (Fsp3) is 0.571. The Bertz CT molecular complexity index is 358. The molecule has 0 atom stereocenters. The highest BCUT2D eigenvalue weighted by atomic mass is 35.5. The largest absolute Gasteiger partial charge is 0.381 e. The molecule has 18 heavy (non-hydrogen) atoms. The monoisotopic (exact) mass is 273 g/mol. The van der Waals surface area contributed by atoms with Gasteiger partial charge < -0.3 is 10.1 Å². The summed E-state index contributed by atoms with van der Waals surface area (Å²) in [6.45, 7) is 7.23. The van der Waals surface area contributed by atoms with E-state index in [9.17, 15) is 4.39 Å². The molecule has 0 unspecified atom stereocenters. The van der Waals surface area contributed by atoms with Gasteiger partial charge in [0, 0.05) is 19.8 Å². The topological polar surface area (TPSA) is 21.3 Å². The summed E-state index contributed by atoms with van der Waals surface area (Å²) in [6, 6.07) is 4.86. The number of nitrogens with one attached hydrogen (secondary N) is 1. The minimum absolute atomic E-state index is 0.209. The second-order valence-electron chi connectivity index (χ2n) is 4.71. The predicted octanol–water partition coefficient (Wildman–Crippen LogP) is 3.63. The Morgan fingerprint density at radius 2 is 2.17 bits per heavy atom. The van der Waals surface area contributed by atoms with Gasteiger partial charge in [0.1, 0.15) is 5.82 Å². The van der Waals surface area contributed by atoms with Gasteiger partial charge in [-0.3, -0.25) is 0 Å². The predicted molar refractivity (Wildman–Crippen MR) is 73.4 cm³/mol. The average molecular weight is 274 g/mol. The minimum atomic E-state index is -0.365. The molecule has 0 aliphatic rings. The second kappa shape index (κ2) is 8.46. The Balaban J connectivity index is 2.13. The number of hydrogen-bond acceptors (Lipinski definition) is 2. The van der Waals surface area contributed by atoms with E-state index in [2.05, 4.69) is 19.2 Å². The molecule has 0 heterocycles. The summed E-state index contributed by atoms with van der Waals surface area (Å²) in [4.78, 5) is 0. The van der Waals surface area contributed by atoms with Crippen molar-refractivity contribution in [1.82, 2.24) is 5.32 Å². The van der Waals surface area contributed by atoms with Gasteiger partial charge in [0.2, 0.25) is 0 Å². The average Bonchev–Trinajstić information content (AvgIpc) is 2.32. The molecule has 0 spiro atoms. The normalized spacial score (nSPS) is 11.2. The maximum absolute atomic E-state index is 13.2. The first-order valence-corrected chi connectivity index (χ1v) is 6.70. The van der Waals surface area contributed by atoms with Gasteiger partial charge in [-0.2, -0.15) is 0 Å². The number of halogens is 2. The van der Waals surface area contributed by atoms with Crippen LogP contribution < -0.4 is 5.32 Å². The molecule has 0 radical (unpaired) electrons. The van der Waals surface area contributed by atoms with Crippen LogP contribution in [0.4, 0.5) is 4.39 Å². The third-order valence-electron chi connectivity index (χ3n) is 2.44. The molecular weight excluding hydrogens is 253 g/mol. The van der Waals surface area contributed by atoms with Gasteiger partial charge >= 0.3 is 0 Å². The molecule has 1 aromatic rings. The quantitative estimate of drug-likeness (QED) is 0.731. The first-order chi connectivity index (χ1) is 8.61. The second-order valence-corrected chi connectivity index (χ2v) is 5.09. The van der Waals surface area contributed by atoms with E-state index in [1.165, 1.54) is 6.07 Å². The van der Waals surface area contributed by atoms with Crippen LogP contribution in [0.2, 0.25) is 5.02 Å². The molecule has 0 amide bonds. The van der Waals surface area contributed by atoms with Gasteiger partial charge in [-0.05, 0) is 30.5 Å². The van der Waals surface area contributed by atoms with Crippen LogP contribution >= 0.6 is 11.6 Å². The zero-order chi connectivity index (χ0) is 13.4. The smallest absolute Gasteiger partial charge is 0.142 e. The zero-order valence-corrected chi connectivity index (χ0v) is 11.8. The van der Waals surface area contributed by atoms with Crippen LogP contribution in [0.15, 0.2) is 18.2 Å². The van der Waals surface area contributed by atoms with E-state index in [-0.39, 0.29) is 10.8 Å². The lowest BCUT2D eigenvalue weighted by Crippen LogP contribution is -2.17. The first-order valence-electron chi connectivity index (χ1n) is 6.32. The van der Waals surface area contributed by atoms with Crippen molar-refractivity contribution in [3.8, 4) is 0 Å². The molecule has 0 saturated carbocycles. The van der Waals surface area contributed by atoms with Crippen LogP contribution in [-0.2, 0) is 11.3 Å². The molecule has 0 aliphatic heterocycles. The van der Waals surface area contributed by atoms with Crippen LogP contribution in [0.5, 0.6) is 0 Å². The summed E-state index contributed by atoms with van der Waals surface area (Å²) >= 11 is 5.85. The van der Waals surface area contributed by atoms with Crippen molar-refractivity contribution in [3.05, 3.63) is 34.6 Å². The summed E-state index contributed by atoms with van der Waals surface area (Å²) in [5, 5.41) is 3.44. The van der Waals surface area contributed by atoms with Gasteiger partial charge in [-0.15, -0.1) is 0 Å². The highest BCUT2D eigenvalue weighted by molar-refractivity contribution is 6.31. The minimum Gasteiger partial charge on any atom is -0.381 e. The summed E-state index contributed by atoms with van der Waals surface area (Å²) in [7, 11) is 0. The zero-order valence-electron chi connectivity index (χ0n) is 11.0. The van der Waals surface area contributed by atoms with Crippen molar-refractivity contribution in [2.75, 3.05) is 19.8 Å². The molecule has 102 valence electrons. The third-order valence-corrected chi connectivity index (χ3v) is 2.86. The lowest BCUT2D eigenvalue weighted by Gasteiger charge is -2.08. The maximum Gasteiger partial charge on any atom is 0.142 e. The first kappa shape index (κ1) is 15.4. The Morgan fingerprint density at radius 3 is 2.89 bits per heavy atom. The van der Waals surface area contributed by atoms with Gasteiger partial charge in [0.15, 0.2) is 0 Å². The SMILES string of the molecule is CC(C)COCCCNCc1cccc(F)c1Cl. The van der Waals surface area contributed by atoms with Crippen molar-refractivity contribution in [2.24, 2.45) is 5.92 Å². The van der Waals surface area contributed by atoms with Crippen molar-refractivity contribution < 1.29 is 9.13 Å². The molecule has 4 heteroatoms. The number of benzene rings is 1. The molecule has 0 aliphatic carbocycles. The van der Waals surface area contributed by atoms with Crippen LogP contribution in [-0.4, -0.2) is 19.8 Å². The van der Waals surface area contributed by atoms with E-state index < -0.39 is 0 Å². The molecule has 1 aromatic carbocycles. The molecular formula is C14H21ClFNO. The Kier molecular flexibility index (Phi) is 7.25. The summed E-state index contributed by atoms with van der Waals surface area (Å²) < 4.78 is 18.6. The summed E-state index contributed by atoms with van der Waals surface area (Å²) in [5.41, 5.74) is 0.791. The van der Waals surface area contributed by atoms with Crippen molar-refractivity contribution in [1.29, 1.82) is 0 Å². The van der Waals surface area contributed by atoms with Gasteiger partial charge in [0.25, 0.3) is 0 Å². The Hall–Kier alpha value is -0.640. The highest BCUT2D eigenvalue weighted by Gasteiger charge is 2.04. The van der Waals surface area contributed by atoms with E-state index in [0.29, 0.717) is 12.5 Å². The number of hydrogen-bond donors (Lipinski definition) is 1. The third kappa shape index (κ3) is 5.80. The van der Waals surface area contributed by atoms with Gasteiger partial charge in [0.05, 0.1) is 5.02 Å². The van der Waals surface area contributed by atoms with E-state index in [1.807, 2.05) is 6.07 Å². The van der Waals surface area contributed by atoms with E-state index >= 15 is 0 Å². The fourth-order valence-electron chi connectivity index (χ4n) is 1.53. The number of rotatable bonds is 8. The standard InChI is InChI=1S/C14H21ClFNO/c1-11(2)10-18-8-4-7-17-9-12-5-3-6-13(16)14(12)15/h3,5-6,11,17H,4,7-10H2,1-2H3. The molecule has 0 aromatic heterocycles. The lowest BCUT2D eigenvalue weighted by molar-refractivity contribution is 0.108. The lowest BCUT2D eigenvalue weighted by atomic mass is 10.2. The van der Waals surface area contributed by atoms with Gasteiger partial charge in [-0.1, -0.05) is 37.6 Å². The Labute approximate surface area is 113 Å². The molecule has 1 N–H and O–H groups in total. The highest BCUT2D eigenvalue weighted by Crippen LogP contribution is 2.19. The maximum atomic E-state index is 13.2. The van der Waals surface area contributed by atoms with Crippen molar-refractivity contribution in [3.63, 3.8) is 0 Å². The fourth-order valence-corrected chi connectivity index (χ4v) is 1.72. The van der Waals surface area contributed by atoms with E-state index in [4.69, 9.17) is 16.3 Å². The van der Waals surface area contributed by atoms with Crippen LogP contribution in [0, 0.1) is 11.7 Å². The van der Waals surface area contributed by atoms with Crippen LogP contribution in [0.3, 0.4) is 0 Å². The summed E-state index contributed by atoms with van der Waals surface area (Å²) in [5.74, 6) is 0.209. The molecule has 0 fully saturated rings. The van der Waals surface area contributed by atoms with E-state index in [0.717, 1.165) is 31.7 Å². The molecule has 2 nitrogen and oxygen atoms in total. The Morgan fingerprint density at radius 1 is 1.39 bits per heavy atom. The van der Waals surface area contributed by atoms with Crippen LogP contribution in [0.1, 0.15) is 25.8 Å². The summed E-state index contributed by atoms with van der Waals surface area (Å²) in [6.07, 6.45) is 0.944. The van der Waals surface area contributed by atoms with Crippen molar-refractivity contribution >= 4 is 11.6 Å².